The number of furan rings is 2. The molecule has 1 amide bonds. The van der Waals surface area contributed by atoms with Crippen LogP contribution in [0.1, 0.15) is 34.4 Å². The predicted octanol–water partition coefficient (Wildman–Crippen LogP) is 5.46. The molecule has 0 aliphatic carbocycles. The first kappa shape index (κ1) is 24.4. The van der Waals surface area contributed by atoms with Gasteiger partial charge in [-0.1, -0.05) is 30.3 Å². The van der Waals surface area contributed by atoms with Crippen LogP contribution < -0.4 is 16.0 Å². The van der Waals surface area contributed by atoms with Gasteiger partial charge in [0.05, 0.1) is 19.4 Å². The Morgan fingerprint density at radius 2 is 1.79 bits per heavy atom. The first-order valence-corrected chi connectivity index (χ1v) is 10.6. The molecule has 2 aromatic carbocycles. The van der Waals surface area contributed by atoms with Crippen LogP contribution in [0.25, 0.3) is 11.0 Å². The van der Waals surface area contributed by atoms with E-state index in [0.717, 1.165) is 34.4 Å². The fourth-order valence-electron chi connectivity index (χ4n) is 3.36. The summed E-state index contributed by atoms with van der Waals surface area (Å²) in [6, 6.07) is 18.9. The van der Waals surface area contributed by atoms with Gasteiger partial charge in [0.15, 0.2) is 11.7 Å². The maximum absolute atomic E-state index is 12.1. The minimum absolute atomic E-state index is 0. The minimum Gasteiger partial charge on any atom is -0.459 e. The third-order valence-electron chi connectivity index (χ3n) is 5.08. The summed E-state index contributed by atoms with van der Waals surface area (Å²) in [6.07, 6.45) is 1.47. The van der Waals surface area contributed by atoms with E-state index in [1.807, 2.05) is 49.4 Å². The second kappa shape index (κ2) is 11.6. The van der Waals surface area contributed by atoms with Crippen molar-refractivity contribution in [3.8, 4) is 0 Å². The van der Waals surface area contributed by atoms with Crippen LogP contribution in [0.15, 0.2) is 80.8 Å². The van der Waals surface area contributed by atoms with Crippen molar-refractivity contribution in [1.29, 1.82) is 0 Å². The molecule has 0 atom stereocenters. The maximum Gasteiger partial charge on any atom is 0.291 e. The van der Waals surface area contributed by atoms with Crippen LogP contribution in [0.3, 0.4) is 0 Å². The zero-order chi connectivity index (χ0) is 22.3. The highest BCUT2D eigenvalue weighted by Crippen LogP contribution is 2.24. The fraction of sp³-hybridized carbons (Fsp3) is 0.200. The maximum atomic E-state index is 12.1. The van der Waals surface area contributed by atoms with E-state index < -0.39 is 0 Å². The lowest BCUT2D eigenvalue weighted by molar-refractivity contribution is 0.0996. The zero-order valence-corrected chi connectivity index (χ0v) is 20.9. The fourth-order valence-corrected chi connectivity index (χ4v) is 3.36. The van der Waals surface area contributed by atoms with E-state index in [1.54, 1.807) is 12.1 Å². The van der Waals surface area contributed by atoms with Crippen LogP contribution >= 0.6 is 24.0 Å². The Balaban J connectivity index is 0.00000306. The van der Waals surface area contributed by atoms with E-state index in [-0.39, 0.29) is 35.6 Å². The molecule has 0 saturated carbocycles. The number of nitrogens with one attached hydrogen (secondary N) is 3. The number of amides is 1. The second-order valence-electron chi connectivity index (χ2n) is 7.32. The van der Waals surface area contributed by atoms with E-state index in [0.29, 0.717) is 24.7 Å². The molecule has 4 aromatic rings. The average Bonchev–Trinajstić information content (AvgIpc) is 3.46. The Bertz CT molecular complexity index is 1210. The molecule has 172 valence electrons. The number of carbonyl (C=O) groups is 1. The van der Waals surface area contributed by atoms with Crippen molar-refractivity contribution in [2.24, 2.45) is 4.99 Å². The van der Waals surface area contributed by atoms with Gasteiger partial charge in [-0.05, 0) is 49.7 Å². The summed E-state index contributed by atoms with van der Waals surface area (Å²) < 4.78 is 11.1. The van der Waals surface area contributed by atoms with Crippen molar-refractivity contribution in [3.63, 3.8) is 0 Å². The predicted molar refractivity (Wildman–Crippen MR) is 141 cm³/mol. The summed E-state index contributed by atoms with van der Waals surface area (Å²) in [5.74, 6) is 1.61. The summed E-state index contributed by atoms with van der Waals surface area (Å²) in [5.41, 5.74) is 3.75. The van der Waals surface area contributed by atoms with Crippen molar-refractivity contribution >= 4 is 52.5 Å². The Morgan fingerprint density at radius 1 is 1.00 bits per heavy atom. The molecule has 0 aliphatic heterocycles. The molecule has 0 bridgehead atoms. The van der Waals surface area contributed by atoms with Crippen molar-refractivity contribution in [3.05, 3.63) is 89.6 Å². The number of para-hydroxylation sites is 1. The Morgan fingerprint density at radius 3 is 2.48 bits per heavy atom. The lowest BCUT2D eigenvalue weighted by atomic mass is 10.1. The van der Waals surface area contributed by atoms with Crippen LogP contribution in [-0.4, -0.2) is 18.4 Å². The van der Waals surface area contributed by atoms with E-state index in [9.17, 15) is 4.79 Å². The SMILES string of the molecule is CCNC(=NCc1ccc(NC(=O)c2ccco2)cc1)NCc1oc2ccccc2c1C.I. The van der Waals surface area contributed by atoms with Crippen LogP contribution in [0.4, 0.5) is 5.69 Å². The molecule has 0 fully saturated rings. The number of carbonyl (C=O) groups excluding carboxylic acids is 1. The normalized spacial score (nSPS) is 11.2. The van der Waals surface area contributed by atoms with Gasteiger partial charge in [-0.15, -0.1) is 24.0 Å². The van der Waals surface area contributed by atoms with Crippen molar-refractivity contribution in [2.45, 2.75) is 26.9 Å². The van der Waals surface area contributed by atoms with Crippen LogP contribution in [-0.2, 0) is 13.1 Å². The van der Waals surface area contributed by atoms with E-state index in [2.05, 4.69) is 33.9 Å². The largest absolute Gasteiger partial charge is 0.459 e. The van der Waals surface area contributed by atoms with Crippen molar-refractivity contribution < 1.29 is 13.6 Å². The third-order valence-corrected chi connectivity index (χ3v) is 5.08. The van der Waals surface area contributed by atoms with Gasteiger partial charge >= 0.3 is 0 Å². The first-order valence-electron chi connectivity index (χ1n) is 10.6. The van der Waals surface area contributed by atoms with Crippen molar-refractivity contribution in [1.82, 2.24) is 10.6 Å². The molecule has 0 spiro atoms. The van der Waals surface area contributed by atoms with Gasteiger partial charge in [-0.3, -0.25) is 4.79 Å². The lowest BCUT2D eigenvalue weighted by Gasteiger charge is -2.11. The summed E-state index contributed by atoms with van der Waals surface area (Å²) >= 11 is 0. The third kappa shape index (κ3) is 6.16. The summed E-state index contributed by atoms with van der Waals surface area (Å²) in [4.78, 5) is 16.7. The number of halogens is 1. The number of rotatable bonds is 7. The average molecular weight is 558 g/mol. The highest BCUT2D eigenvalue weighted by molar-refractivity contribution is 14.0. The number of hydrogen-bond donors (Lipinski definition) is 3. The van der Waals surface area contributed by atoms with Gasteiger partial charge < -0.3 is 24.8 Å². The van der Waals surface area contributed by atoms with Gasteiger partial charge in [0, 0.05) is 23.2 Å². The Labute approximate surface area is 209 Å². The van der Waals surface area contributed by atoms with E-state index in [4.69, 9.17) is 8.83 Å². The number of hydrogen-bond acceptors (Lipinski definition) is 4. The highest BCUT2D eigenvalue weighted by Gasteiger charge is 2.11. The van der Waals surface area contributed by atoms with Gasteiger partial charge in [0.1, 0.15) is 11.3 Å². The number of nitrogens with zero attached hydrogens (tertiary/aromatic N) is 1. The number of guanidine groups is 1. The molecule has 7 nitrogen and oxygen atoms in total. The molecule has 0 unspecified atom stereocenters. The van der Waals surface area contributed by atoms with Gasteiger partial charge in [0.25, 0.3) is 5.91 Å². The molecule has 3 N–H and O–H groups in total. The molecular weight excluding hydrogens is 531 g/mol. The molecular formula is C25H27IN4O3. The minimum atomic E-state index is -0.278. The standard InChI is InChI=1S/C25H26N4O3.HI/c1-3-26-25(28-16-23-17(2)20-7-4-5-8-21(20)32-23)27-15-18-10-12-19(13-11-18)29-24(30)22-9-6-14-31-22;/h4-14H,3,15-16H2,1-2H3,(H,29,30)(H2,26,27,28);1H. The highest BCUT2D eigenvalue weighted by atomic mass is 127. The van der Waals surface area contributed by atoms with Crippen LogP contribution in [0, 0.1) is 6.92 Å². The molecule has 8 heteroatoms. The quantitative estimate of drug-likeness (QED) is 0.159. The number of aryl methyl sites for hydroxylation is 1. The molecule has 33 heavy (non-hydrogen) atoms. The molecule has 4 rings (SSSR count). The second-order valence-corrected chi connectivity index (χ2v) is 7.32. The van der Waals surface area contributed by atoms with Gasteiger partial charge in [-0.2, -0.15) is 0 Å². The van der Waals surface area contributed by atoms with Gasteiger partial charge in [0.2, 0.25) is 0 Å². The molecule has 0 aliphatic rings. The number of fused-ring (bicyclic) bond motifs is 1. The summed E-state index contributed by atoms with van der Waals surface area (Å²) in [6.45, 7) is 5.90. The van der Waals surface area contributed by atoms with Crippen LogP contribution in [0.5, 0.6) is 0 Å². The van der Waals surface area contributed by atoms with E-state index >= 15 is 0 Å². The molecule has 2 aromatic heterocycles. The van der Waals surface area contributed by atoms with Crippen LogP contribution in [0.2, 0.25) is 0 Å². The molecule has 0 radical (unpaired) electrons. The smallest absolute Gasteiger partial charge is 0.291 e. The molecule has 0 saturated heterocycles. The number of benzene rings is 2. The monoisotopic (exact) mass is 558 g/mol. The van der Waals surface area contributed by atoms with E-state index in [1.165, 1.54) is 6.26 Å². The van der Waals surface area contributed by atoms with Crippen molar-refractivity contribution in [2.75, 3.05) is 11.9 Å². The Kier molecular flexibility index (Phi) is 8.53. The van der Waals surface area contributed by atoms with Gasteiger partial charge in [-0.25, -0.2) is 4.99 Å². The topological polar surface area (TPSA) is 91.8 Å². The summed E-state index contributed by atoms with van der Waals surface area (Å²) in [7, 11) is 0. The summed E-state index contributed by atoms with van der Waals surface area (Å²) in [5, 5.41) is 10.5. The zero-order valence-electron chi connectivity index (χ0n) is 18.6. The molecule has 2 heterocycles. The lowest BCUT2D eigenvalue weighted by Crippen LogP contribution is -2.36. The Hall–Kier alpha value is -3.27. The number of anilines is 1. The first-order chi connectivity index (χ1) is 15.6. The number of aliphatic imine (C=N–C) groups is 1.